The van der Waals surface area contributed by atoms with Crippen LogP contribution >= 0.6 is 0 Å². The molecule has 6 heteroatoms. The van der Waals surface area contributed by atoms with Crippen LogP contribution in [0.25, 0.3) is 10.9 Å². The molecule has 2 aliphatic carbocycles. The number of likely N-dealkylation sites (tertiary alicyclic amines) is 1. The maximum atomic E-state index is 13.2. The lowest BCUT2D eigenvalue weighted by Gasteiger charge is -2.42. The number of benzene rings is 1. The first-order valence-corrected chi connectivity index (χ1v) is 10.9. The van der Waals surface area contributed by atoms with Crippen molar-refractivity contribution in [3.05, 3.63) is 48.2 Å². The minimum Gasteiger partial charge on any atom is -0.361 e. The first-order valence-electron chi connectivity index (χ1n) is 10.9. The average Bonchev–Trinajstić information content (AvgIpc) is 3.10. The molecule has 0 radical (unpaired) electrons. The molecule has 1 aliphatic heterocycles. The molecule has 3 fully saturated rings. The number of para-hydroxylation sites is 1. The highest BCUT2D eigenvalue weighted by Crippen LogP contribution is 2.55. The predicted molar refractivity (Wildman–Crippen MR) is 110 cm³/mol. The predicted octanol–water partition coefficient (Wildman–Crippen LogP) is 3.51. The number of rotatable bonds is 5. The third-order valence-electron chi connectivity index (χ3n) is 7.48. The van der Waals surface area contributed by atoms with Crippen LogP contribution in [-0.4, -0.2) is 43.6 Å². The molecule has 1 amide bonds. The van der Waals surface area contributed by atoms with E-state index < -0.39 is 0 Å². The van der Waals surface area contributed by atoms with E-state index in [1.807, 2.05) is 24.7 Å². The van der Waals surface area contributed by atoms with E-state index in [0.29, 0.717) is 12.3 Å². The van der Waals surface area contributed by atoms with E-state index in [4.69, 9.17) is 0 Å². The third kappa shape index (κ3) is 2.88. The largest absolute Gasteiger partial charge is 0.361 e. The molecule has 29 heavy (non-hydrogen) atoms. The second-order valence-electron chi connectivity index (χ2n) is 9.36. The van der Waals surface area contributed by atoms with Gasteiger partial charge >= 0.3 is 0 Å². The van der Waals surface area contributed by atoms with Crippen LogP contribution in [0.4, 0.5) is 0 Å². The van der Waals surface area contributed by atoms with E-state index in [0.717, 1.165) is 47.8 Å². The minimum atomic E-state index is 0.213. The van der Waals surface area contributed by atoms with Crippen LogP contribution in [0, 0.1) is 11.3 Å². The molecule has 6 nitrogen and oxygen atoms in total. The fourth-order valence-electron chi connectivity index (χ4n) is 5.46. The maximum Gasteiger partial charge on any atom is 0.227 e. The monoisotopic (exact) mass is 389 g/mol. The normalized spacial score (nSPS) is 23.0. The van der Waals surface area contributed by atoms with Crippen LogP contribution in [-0.2, 0) is 17.8 Å². The van der Waals surface area contributed by atoms with Crippen LogP contribution in [0.3, 0.4) is 0 Å². The highest BCUT2D eigenvalue weighted by atomic mass is 16.2. The second kappa shape index (κ2) is 6.44. The number of hydrogen-bond donors (Lipinski definition) is 1. The summed E-state index contributed by atoms with van der Waals surface area (Å²) in [4.78, 5) is 18.6. The Balaban J connectivity index is 1.24. The summed E-state index contributed by atoms with van der Waals surface area (Å²) in [5, 5.41) is 9.93. The van der Waals surface area contributed by atoms with Crippen molar-refractivity contribution in [3.63, 3.8) is 0 Å². The highest BCUT2D eigenvalue weighted by Gasteiger charge is 2.53. The zero-order chi connectivity index (χ0) is 19.4. The Morgan fingerprint density at radius 2 is 2.10 bits per heavy atom. The van der Waals surface area contributed by atoms with Gasteiger partial charge in [0.2, 0.25) is 5.91 Å². The molecule has 1 saturated heterocycles. The Bertz CT molecular complexity index is 1060. The molecule has 6 rings (SSSR count). The molecular weight excluding hydrogens is 362 g/mol. The van der Waals surface area contributed by atoms with Crippen molar-refractivity contribution in [3.8, 4) is 0 Å². The molecule has 1 unspecified atom stereocenters. The molecule has 3 heterocycles. The lowest BCUT2D eigenvalue weighted by Crippen LogP contribution is -2.38. The van der Waals surface area contributed by atoms with E-state index in [1.165, 1.54) is 32.1 Å². The molecular formula is C23H27N5O. The van der Waals surface area contributed by atoms with Gasteiger partial charge in [-0.1, -0.05) is 24.6 Å². The fourth-order valence-corrected chi connectivity index (χ4v) is 5.46. The molecule has 1 N–H and O–H groups in total. The van der Waals surface area contributed by atoms with Crippen molar-refractivity contribution in [2.45, 2.75) is 51.0 Å². The molecule has 1 spiro atoms. The number of amides is 1. The van der Waals surface area contributed by atoms with E-state index in [1.54, 1.807) is 0 Å². The van der Waals surface area contributed by atoms with Gasteiger partial charge in [0.15, 0.2) is 0 Å². The lowest BCUT2D eigenvalue weighted by atomic mass is 9.62. The average molecular weight is 390 g/mol. The standard InChI is InChI=1S/C23H27N5O/c29-21(10-17-11-24-20-5-2-1-4-18(17)20)27-13-19(23(14-27)8-3-9-23)22-26-25-15-28(22)12-16-6-7-16/h1-2,4-5,11,15-16,19,24H,3,6-10,12-14H2. The number of carbonyl (C=O) groups is 1. The van der Waals surface area contributed by atoms with Crippen molar-refractivity contribution in [2.75, 3.05) is 13.1 Å². The van der Waals surface area contributed by atoms with Gasteiger partial charge in [-0.2, -0.15) is 0 Å². The fraction of sp³-hybridized carbons (Fsp3) is 0.522. The van der Waals surface area contributed by atoms with Gasteiger partial charge in [-0.05, 0) is 48.6 Å². The summed E-state index contributed by atoms with van der Waals surface area (Å²) < 4.78 is 2.27. The van der Waals surface area contributed by atoms with Gasteiger partial charge in [-0.15, -0.1) is 10.2 Å². The van der Waals surface area contributed by atoms with Gasteiger partial charge in [0.25, 0.3) is 0 Å². The SMILES string of the molecule is O=C(Cc1c[nH]c2ccccc12)N1CC(c2nncn2CC2CC2)C2(CCC2)C1. The minimum absolute atomic E-state index is 0.213. The smallest absolute Gasteiger partial charge is 0.227 e. The van der Waals surface area contributed by atoms with Crippen LogP contribution in [0.1, 0.15) is 49.4 Å². The number of H-pyrrole nitrogens is 1. The van der Waals surface area contributed by atoms with Crippen LogP contribution < -0.4 is 0 Å². The Kier molecular flexibility index (Phi) is 3.83. The van der Waals surface area contributed by atoms with Crippen molar-refractivity contribution >= 4 is 16.8 Å². The Morgan fingerprint density at radius 1 is 1.24 bits per heavy atom. The third-order valence-corrected chi connectivity index (χ3v) is 7.48. The Hall–Kier alpha value is -2.63. The molecule has 2 saturated carbocycles. The number of hydrogen-bond acceptors (Lipinski definition) is 3. The number of nitrogens with zero attached hydrogens (tertiary/aromatic N) is 4. The summed E-state index contributed by atoms with van der Waals surface area (Å²) in [5.74, 6) is 2.46. The van der Waals surface area contributed by atoms with Gasteiger partial charge in [0.1, 0.15) is 12.2 Å². The topological polar surface area (TPSA) is 66.8 Å². The summed E-state index contributed by atoms with van der Waals surface area (Å²) in [6.07, 6.45) is 10.7. The number of fused-ring (bicyclic) bond motifs is 1. The zero-order valence-corrected chi connectivity index (χ0v) is 16.7. The molecule has 0 bridgehead atoms. The molecule has 150 valence electrons. The first-order chi connectivity index (χ1) is 14.2. The van der Waals surface area contributed by atoms with Gasteiger partial charge < -0.3 is 14.5 Å². The van der Waals surface area contributed by atoms with Crippen LogP contribution in [0.2, 0.25) is 0 Å². The van der Waals surface area contributed by atoms with Crippen molar-refractivity contribution in [1.29, 1.82) is 0 Å². The lowest BCUT2D eigenvalue weighted by molar-refractivity contribution is -0.130. The molecule has 2 aromatic heterocycles. The number of aromatic nitrogens is 4. The van der Waals surface area contributed by atoms with Crippen molar-refractivity contribution < 1.29 is 4.79 Å². The van der Waals surface area contributed by atoms with Gasteiger partial charge in [0, 0.05) is 42.7 Å². The van der Waals surface area contributed by atoms with Gasteiger partial charge in [-0.3, -0.25) is 4.79 Å². The van der Waals surface area contributed by atoms with Crippen LogP contribution in [0.15, 0.2) is 36.8 Å². The second-order valence-corrected chi connectivity index (χ2v) is 9.36. The highest BCUT2D eigenvalue weighted by molar-refractivity contribution is 5.89. The zero-order valence-electron chi connectivity index (χ0n) is 16.7. The van der Waals surface area contributed by atoms with E-state index >= 15 is 0 Å². The first kappa shape index (κ1) is 17.2. The molecule has 3 aliphatic rings. The van der Waals surface area contributed by atoms with E-state index in [9.17, 15) is 4.79 Å². The maximum absolute atomic E-state index is 13.2. The summed E-state index contributed by atoms with van der Waals surface area (Å²) in [5.41, 5.74) is 2.40. The van der Waals surface area contributed by atoms with Crippen molar-refractivity contribution in [1.82, 2.24) is 24.6 Å². The summed E-state index contributed by atoms with van der Waals surface area (Å²) in [6.45, 7) is 2.69. The van der Waals surface area contributed by atoms with E-state index in [2.05, 4.69) is 36.8 Å². The Morgan fingerprint density at radius 3 is 2.90 bits per heavy atom. The molecule has 1 atom stereocenters. The number of nitrogens with one attached hydrogen (secondary N) is 1. The van der Waals surface area contributed by atoms with E-state index in [-0.39, 0.29) is 11.3 Å². The van der Waals surface area contributed by atoms with Gasteiger partial charge in [0.05, 0.1) is 6.42 Å². The Labute approximate surface area is 170 Å². The quantitative estimate of drug-likeness (QED) is 0.726. The number of carbonyl (C=O) groups excluding carboxylic acids is 1. The molecule has 1 aromatic carbocycles. The molecule has 3 aromatic rings. The van der Waals surface area contributed by atoms with Crippen molar-refractivity contribution in [2.24, 2.45) is 11.3 Å². The van der Waals surface area contributed by atoms with Crippen LogP contribution in [0.5, 0.6) is 0 Å². The van der Waals surface area contributed by atoms with Gasteiger partial charge in [-0.25, -0.2) is 0 Å². The summed E-state index contributed by atoms with van der Waals surface area (Å²) >= 11 is 0. The summed E-state index contributed by atoms with van der Waals surface area (Å²) in [6, 6.07) is 8.21. The summed E-state index contributed by atoms with van der Waals surface area (Å²) in [7, 11) is 0. The number of aromatic amines is 1.